The third-order valence-electron chi connectivity index (χ3n) is 1.78. The van der Waals surface area contributed by atoms with Crippen LogP contribution in [0.1, 0.15) is 31.9 Å². The van der Waals surface area contributed by atoms with Gasteiger partial charge in [0.1, 0.15) is 0 Å². The number of rotatable bonds is 4. The van der Waals surface area contributed by atoms with E-state index in [9.17, 15) is 0 Å². The molecule has 76 valence electrons. The highest BCUT2D eigenvalue weighted by Gasteiger charge is 2.04. The first-order chi connectivity index (χ1) is 6.75. The van der Waals surface area contributed by atoms with Crippen molar-refractivity contribution in [3.8, 4) is 0 Å². The second-order valence-electron chi connectivity index (χ2n) is 2.91. The maximum Gasteiger partial charge on any atom is 0.0962 e. The second kappa shape index (κ2) is 6.30. The average molecular weight is 320 g/mol. The molecule has 0 aliphatic rings. The predicted octanol–water partition coefficient (Wildman–Crippen LogP) is 4.13. The molecule has 0 atom stereocenters. The first kappa shape index (κ1) is 11.9. The maximum atomic E-state index is 4.21. The molecule has 0 spiro atoms. The summed E-state index contributed by atoms with van der Waals surface area (Å²) in [6.07, 6.45) is 8.51. The Morgan fingerprint density at radius 2 is 2.14 bits per heavy atom. The highest BCUT2D eigenvalue weighted by atomic mass is 79.9. The van der Waals surface area contributed by atoms with Gasteiger partial charge in [0, 0.05) is 16.9 Å². The zero-order chi connectivity index (χ0) is 10.4. The lowest BCUT2D eigenvalue weighted by Gasteiger charge is -2.02. The maximum absolute atomic E-state index is 4.21. The van der Waals surface area contributed by atoms with Gasteiger partial charge in [-0.25, -0.2) is 0 Å². The van der Waals surface area contributed by atoms with Crippen LogP contribution in [0.5, 0.6) is 0 Å². The molecule has 0 N–H and O–H groups in total. The van der Waals surface area contributed by atoms with Crippen LogP contribution < -0.4 is 0 Å². The fourth-order valence-electron chi connectivity index (χ4n) is 0.993. The molecule has 1 aromatic heterocycles. The molecule has 0 aromatic carbocycles. The number of hydrogen-bond donors (Lipinski definition) is 0. The Morgan fingerprint density at radius 3 is 2.71 bits per heavy atom. The van der Waals surface area contributed by atoms with E-state index in [0.29, 0.717) is 0 Å². The molecule has 0 fully saturated rings. The van der Waals surface area contributed by atoms with E-state index in [-0.39, 0.29) is 0 Å². The normalized spacial score (nSPS) is 12.5. The predicted molar refractivity (Wildman–Crippen MR) is 66.3 cm³/mol. The van der Waals surface area contributed by atoms with Crippen molar-refractivity contribution in [2.75, 3.05) is 0 Å². The molecule has 0 radical (unpaired) electrons. The van der Waals surface area contributed by atoms with Crippen molar-refractivity contribution >= 4 is 36.3 Å². The summed E-state index contributed by atoms with van der Waals surface area (Å²) >= 11 is 7.06. The molecule has 0 saturated heterocycles. The summed E-state index contributed by atoms with van der Waals surface area (Å²) in [4.78, 5) is 8.23. The molecule has 1 rings (SSSR count). The highest BCUT2D eigenvalue weighted by molar-refractivity contribution is 9.16. The molecule has 1 heterocycles. The van der Waals surface area contributed by atoms with Crippen LogP contribution in [0.2, 0.25) is 0 Å². The third kappa shape index (κ3) is 3.50. The fourth-order valence-corrected chi connectivity index (χ4v) is 1.88. The van der Waals surface area contributed by atoms with Crippen LogP contribution in [0.15, 0.2) is 23.1 Å². The minimum atomic E-state index is 0.871. The van der Waals surface area contributed by atoms with Gasteiger partial charge in [0.2, 0.25) is 0 Å². The van der Waals surface area contributed by atoms with Crippen LogP contribution in [-0.2, 0) is 0 Å². The molecule has 0 unspecified atom stereocenters. The van der Waals surface area contributed by atoms with Crippen molar-refractivity contribution in [3.63, 3.8) is 0 Å². The molecule has 1 aromatic rings. The van der Waals surface area contributed by atoms with Gasteiger partial charge in [-0.1, -0.05) is 29.3 Å². The zero-order valence-corrected chi connectivity index (χ0v) is 11.2. The van der Waals surface area contributed by atoms with Crippen LogP contribution in [0.4, 0.5) is 0 Å². The lowest BCUT2D eigenvalue weighted by atomic mass is 10.2. The highest BCUT2D eigenvalue weighted by Crippen LogP contribution is 2.29. The Kier molecular flexibility index (Phi) is 5.33. The average Bonchev–Trinajstić information content (AvgIpc) is 2.26. The smallest absolute Gasteiger partial charge is 0.0962 e. The monoisotopic (exact) mass is 318 g/mol. The van der Waals surface area contributed by atoms with Gasteiger partial charge in [-0.2, -0.15) is 0 Å². The summed E-state index contributed by atoms with van der Waals surface area (Å²) in [6, 6.07) is 0. The van der Waals surface area contributed by atoms with Crippen LogP contribution >= 0.6 is 31.9 Å². The molecule has 0 bridgehead atoms. The largest absolute Gasteiger partial charge is 0.261 e. The number of hydrogen-bond acceptors (Lipinski definition) is 2. The van der Waals surface area contributed by atoms with Crippen LogP contribution in [-0.4, -0.2) is 9.97 Å². The lowest BCUT2D eigenvalue weighted by Crippen LogP contribution is -1.86. The molecule has 0 aliphatic carbocycles. The van der Waals surface area contributed by atoms with Gasteiger partial charge in [-0.05, 0) is 28.8 Å². The van der Waals surface area contributed by atoms with Crippen LogP contribution in [0, 0.1) is 0 Å². The van der Waals surface area contributed by atoms with Crippen molar-refractivity contribution in [2.45, 2.75) is 26.2 Å². The number of unbranched alkanes of at least 4 members (excludes halogenated alkanes) is 1. The van der Waals surface area contributed by atoms with Crippen LogP contribution in [0.3, 0.4) is 0 Å². The van der Waals surface area contributed by atoms with Crippen molar-refractivity contribution < 1.29 is 0 Å². The summed E-state index contributed by atoms with van der Waals surface area (Å²) < 4.78 is 2.15. The van der Waals surface area contributed by atoms with Crippen molar-refractivity contribution in [1.29, 1.82) is 0 Å². The first-order valence-electron chi connectivity index (χ1n) is 4.56. The Balaban J connectivity index is 2.77. The Bertz CT molecular complexity index is 309. The summed E-state index contributed by atoms with van der Waals surface area (Å²) in [5.41, 5.74) is 0.871. The number of aromatic nitrogens is 2. The summed E-state index contributed by atoms with van der Waals surface area (Å²) in [5, 5.41) is 0. The quantitative estimate of drug-likeness (QED) is 0.834. The number of allylic oxidation sites excluding steroid dienone is 1. The van der Waals surface area contributed by atoms with E-state index < -0.39 is 0 Å². The van der Waals surface area contributed by atoms with Gasteiger partial charge in [0.25, 0.3) is 0 Å². The van der Waals surface area contributed by atoms with E-state index >= 15 is 0 Å². The Labute approximate surface area is 101 Å². The molecule has 14 heavy (non-hydrogen) atoms. The van der Waals surface area contributed by atoms with E-state index in [1.54, 1.807) is 18.6 Å². The van der Waals surface area contributed by atoms with Gasteiger partial charge >= 0.3 is 0 Å². The summed E-state index contributed by atoms with van der Waals surface area (Å²) in [6.45, 7) is 2.18. The second-order valence-corrected chi connectivity index (χ2v) is 4.66. The van der Waals surface area contributed by atoms with E-state index in [1.165, 1.54) is 12.8 Å². The topological polar surface area (TPSA) is 25.8 Å². The van der Waals surface area contributed by atoms with Crippen molar-refractivity contribution in [1.82, 2.24) is 9.97 Å². The minimum Gasteiger partial charge on any atom is -0.261 e. The molecule has 0 saturated carbocycles. The molecule has 0 aliphatic heterocycles. The minimum absolute atomic E-state index is 0.871. The van der Waals surface area contributed by atoms with Gasteiger partial charge in [0.15, 0.2) is 0 Å². The standard InChI is InChI=1S/C10H12Br2N2/c1-2-3-4-8(11)10(12)9-7-13-5-6-14-9/h5-7H,2-4H2,1H3/b10-8+. The SMILES string of the molecule is CCCC/C(Br)=C(\Br)c1cnccn1. The van der Waals surface area contributed by atoms with Gasteiger partial charge in [-0.3, -0.25) is 9.97 Å². The van der Waals surface area contributed by atoms with Gasteiger partial charge < -0.3 is 0 Å². The lowest BCUT2D eigenvalue weighted by molar-refractivity contribution is 0.812. The molecular formula is C10H12Br2N2. The first-order valence-corrected chi connectivity index (χ1v) is 6.14. The van der Waals surface area contributed by atoms with Crippen LogP contribution in [0.25, 0.3) is 4.48 Å². The zero-order valence-electron chi connectivity index (χ0n) is 8.00. The number of halogens is 2. The summed E-state index contributed by atoms with van der Waals surface area (Å²) in [7, 11) is 0. The third-order valence-corrected chi connectivity index (χ3v) is 3.99. The molecule has 4 heteroatoms. The molecule has 2 nitrogen and oxygen atoms in total. The fraction of sp³-hybridized carbons (Fsp3) is 0.400. The molecular weight excluding hydrogens is 308 g/mol. The van der Waals surface area contributed by atoms with Crippen molar-refractivity contribution in [3.05, 3.63) is 28.8 Å². The van der Waals surface area contributed by atoms with Crippen molar-refractivity contribution in [2.24, 2.45) is 0 Å². The Hall–Kier alpha value is -0.220. The van der Waals surface area contributed by atoms with E-state index in [2.05, 4.69) is 48.8 Å². The molecule has 0 amide bonds. The van der Waals surface area contributed by atoms with E-state index in [4.69, 9.17) is 0 Å². The van der Waals surface area contributed by atoms with Gasteiger partial charge in [-0.15, -0.1) is 0 Å². The van der Waals surface area contributed by atoms with E-state index in [1.807, 2.05) is 0 Å². The van der Waals surface area contributed by atoms with E-state index in [0.717, 1.165) is 21.1 Å². The van der Waals surface area contributed by atoms with Gasteiger partial charge in [0.05, 0.1) is 16.4 Å². The summed E-state index contributed by atoms with van der Waals surface area (Å²) in [5.74, 6) is 0. The Morgan fingerprint density at radius 1 is 1.36 bits per heavy atom. The number of nitrogens with zero attached hydrogens (tertiary/aromatic N) is 2.